The molecular weight excluding hydrogens is 591 g/mol. The van der Waals surface area contributed by atoms with Crippen molar-refractivity contribution in [1.82, 2.24) is 24.5 Å². The molecule has 9 nitrogen and oxygen atoms in total. The van der Waals surface area contributed by atoms with Crippen molar-refractivity contribution in [3.8, 4) is 11.7 Å². The van der Waals surface area contributed by atoms with Crippen molar-refractivity contribution in [2.24, 2.45) is 5.41 Å². The number of hydrogen-bond acceptors (Lipinski definition) is 8. The SMILES string of the molecule is C.CC1(C)CCC2CCCCNc3cccc(n3)SNC(=O)c3ccc(-n4ccc(OCCC5(C(F)(F)F)CC5)n4)nc3N21. The zero-order chi connectivity index (χ0) is 30.2. The highest BCUT2D eigenvalue weighted by Crippen LogP contribution is 2.59. The first-order valence-electron chi connectivity index (χ1n) is 14.8. The van der Waals surface area contributed by atoms with E-state index in [1.54, 1.807) is 24.4 Å². The Morgan fingerprint density at radius 2 is 1.89 bits per heavy atom. The van der Waals surface area contributed by atoms with Crippen molar-refractivity contribution >= 4 is 29.5 Å². The number of rotatable bonds is 5. The van der Waals surface area contributed by atoms with Crippen molar-refractivity contribution in [3.05, 3.63) is 48.2 Å². The Labute approximate surface area is 260 Å². The van der Waals surface area contributed by atoms with Crippen molar-refractivity contribution in [3.63, 3.8) is 0 Å². The fourth-order valence-electron chi connectivity index (χ4n) is 6.06. The van der Waals surface area contributed by atoms with Gasteiger partial charge in [-0.25, -0.2) is 14.6 Å². The molecule has 0 radical (unpaired) electrons. The Morgan fingerprint density at radius 1 is 1.07 bits per heavy atom. The first-order chi connectivity index (χ1) is 20.5. The van der Waals surface area contributed by atoms with Gasteiger partial charge in [-0.1, -0.05) is 13.5 Å². The molecule has 3 aromatic heterocycles. The molecule has 3 aromatic rings. The zero-order valence-electron chi connectivity index (χ0n) is 24.3. The molecule has 1 aliphatic carbocycles. The van der Waals surface area contributed by atoms with Crippen molar-refractivity contribution in [1.29, 1.82) is 0 Å². The molecule has 6 rings (SSSR count). The van der Waals surface area contributed by atoms with E-state index >= 15 is 0 Å². The first-order valence-corrected chi connectivity index (χ1v) is 15.6. The number of nitrogens with one attached hydrogen (secondary N) is 2. The summed E-state index contributed by atoms with van der Waals surface area (Å²) >= 11 is 1.16. The van der Waals surface area contributed by atoms with Gasteiger partial charge in [0.05, 0.1) is 17.6 Å². The lowest BCUT2D eigenvalue weighted by Crippen LogP contribution is -2.45. The highest BCUT2D eigenvalue weighted by Gasteiger charge is 2.62. The number of amides is 1. The lowest BCUT2D eigenvalue weighted by atomic mass is 10.0. The number of hydrogen-bond donors (Lipinski definition) is 2. The number of halogens is 3. The minimum Gasteiger partial charge on any atom is -0.477 e. The number of nitrogens with zero attached hydrogens (tertiary/aromatic N) is 5. The number of ether oxygens (including phenoxy) is 1. The molecule has 44 heavy (non-hydrogen) atoms. The smallest absolute Gasteiger partial charge is 0.394 e. The molecule has 1 atom stereocenters. The minimum absolute atomic E-state index is 0. The highest BCUT2D eigenvalue weighted by molar-refractivity contribution is 7.97. The van der Waals surface area contributed by atoms with Gasteiger partial charge in [-0.15, -0.1) is 5.10 Å². The van der Waals surface area contributed by atoms with Crippen LogP contribution in [0.3, 0.4) is 0 Å². The van der Waals surface area contributed by atoms with E-state index in [1.807, 2.05) is 18.2 Å². The topological polar surface area (TPSA) is 97.2 Å². The highest BCUT2D eigenvalue weighted by atomic mass is 32.2. The summed E-state index contributed by atoms with van der Waals surface area (Å²) in [5.41, 5.74) is -1.40. The van der Waals surface area contributed by atoms with Gasteiger partial charge in [-0.05, 0) is 89.5 Å². The molecule has 238 valence electrons. The van der Waals surface area contributed by atoms with Crippen LogP contribution >= 0.6 is 11.9 Å². The fourth-order valence-corrected chi connectivity index (χ4v) is 6.66. The van der Waals surface area contributed by atoms with Gasteiger partial charge in [0, 0.05) is 42.3 Å². The van der Waals surface area contributed by atoms with Crippen LogP contribution in [-0.4, -0.2) is 56.6 Å². The summed E-state index contributed by atoms with van der Waals surface area (Å²) in [5, 5.41) is 8.49. The third-order valence-electron chi connectivity index (χ3n) is 8.77. The van der Waals surface area contributed by atoms with Crippen LogP contribution in [0.4, 0.5) is 24.8 Å². The van der Waals surface area contributed by atoms with E-state index in [4.69, 9.17) is 9.72 Å². The monoisotopic (exact) mass is 631 g/mol. The standard InChI is InChI=1S/C30H36F3N7O2S.CH4/c1-28(2)13-11-20-6-3-4-17-34-22-7-5-8-25(35-22)43-38-27(41)21-9-10-23(36-26(21)40(20)28)39-18-12-24(37-39)42-19-16-29(14-15-29)30(31,32)33;/h5,7-10,12,18,20H,3-4,6,11,13-17,19H2,1-2H3,(H,34,35)(H,38,41);1H4. The molecule has 1 amide bonds. The van der Waals surface area contributed by atoms with Crippen LogP contribution in [0.15, 0.2) is 47.6 Å². The number of carbonyl (C=O) groups excluding carboxylic acids is 1. The maximum Gasteiger partial charge on any atom is 0.394 e. The number of fused-ring (bicyclic) bond motifs is 5. The Balaban J connectivity index is 0.00000384. The second-order valence-corrected chi connectivity index (χ2v) is 13.0. The number of aromatic nitrogens is 4. The molecule has 5 heterocycles. The molecule has 0 spiro atoms. The normalized spacial score (nSPS) is 21.0. The average molecular weight is 632 g/mol. The summed E-state index contributed by atoms with van der Waals surface area (Å²) in [6, 6.07) is 11.0. The van der Waals surface area contributed by atoms with Gasteiger partial charge >= 0.3 is 6.18 Å². The lowest BCUT2D eigenvalue weighted by molar-refractivity contribution is -0.190. The van der Waals surface area contributed by atoms with Crippen LogP contribution in [0.5, 0.6) is 5.88 Å². The predicted molar refractivity (Wildman–Crippen MR) is 165 cm³/mol. The molecule has 2 bridgehead atoms. The van der Waals surface area contributed by atoms with Crippen molar-refractivity contribution in [2.75, 3.05) is 23.4 Å². The molecule has 1 saturated heterocycles. The van der Waals surface area contributed by atoms with Gasteiger partial charge in [0.25, 0.3) is 5.91 Å². The molecule has 2 aliphatic heterocycles. The number of alkyl halides is 3. The van der Waals surface area contributed by atoms with Gasteiger partial charge in [-0.3, -0.25) is 9.52 Å². The van der Waals surface area contributed by atoms with Crippen LogP contribution in [0.1, 0.15) is 83.0 Å². The maximum atomic E-state index is 13.6. The van der Waals surface area contributed by atoms with E-state index in [2.05, 4.69) is 38.9 Å². The molecule has 13 heteroatoms. The van der Waals surface area contributed by atoms with Crippen LogP contribution in [0, 0.1) is 5.41 Å². The van der Waals surface area contributed by atoms with Gasteiger partial charge in [0.1, 0.15) is 16.7 Å². The zero-order valence-corrected chi connectivity index (χ0v) is 25.1. The summed E-state index contributed by atoms with van der Waals surface area (Å²) in [7, 11) is 0. The maximum absolute atomic E-state index is 13.6. The quantitative estimate of drug-likeness (QED) is 0.286. The van der Waals surface area contributed by atoms with Crippen molar-refractivity contribution in [2.45, 2.75) is 95.4 Å². The fraction of sp³-hybridized carbons (Fsp3) is 0.548. The van der Waals surface area contributed by atoms with Gasteiger partial charge in [-0.2, -0.15) is 13.2 Å². The van der Waals surface area contributed by atoms with Gasteiger partial charge in [0.15, 0.2) is 5.82 Å². The van der Waals surface area contributed by atoms with Crippen LogP contribution in [0.25, 0.3) is 5.82 Å². The number of anilines is 2. The second-order valence-electron chi connectivity index (χ2n) is 12.2. The van der Waals surface area contributed by atoms with Crippen LogP contribution in [0.2, 0.25) is 0 Å². The molecule has 0 aromatic carbocycles. The van der Waals surface area contributed by atoms with E-state index in [0.717, 1.165) is 56.4 Å². The van der Waals surface area contributed by atoms with Crippen LogP contribution < -0.4 is 19.7 Å². The third-order valence-corrected chi connectivity index (χ3v) is 9.49. The number of carbonyl (C=O) groups is 1. The van der Waals surface area contributed by atoms with Crippen LogP contribution in [-0.2, 0) is 0 Å². The average Bonchev–Trinajstić information content (AvgIpc) is 3.52. The molecule has 2 fully saturated rings. The molecule has 1 unspecified atom stereocenters. The van der Waals surface area contributed by atoms with E-state index in [0.29, 0.717) is 22.2 Å². The van der Waals surface area contributed by atoms with E-state index in [1.165, 1.54) is 4.68 Å². The Morgan fingerprint density at radius 3 is 2.66 bits per heavy atom. The summed E-state index contributed by atoms with van der Waals surface area (Å²) in [4.78, 5) is 25.5. The first kappa shape index (κ1) is 31.9. The third kappa shape index (κ3) is 6.62. The molecule has 3 aliphatic rings. The summed E-state index contributed by atoms with van der Waals surface area (Å²) in [6.45, 7) is 5.10. The summed E-state index contributed by atoms with van der Waals surface area (Å²) < 4.78 is 49.9. The second kappa shape index (κ2) is 12.5. The van der Waals surface area contributed by atoms with E-state index < -0.39 is 11.6 Å². The summed E-state index contributed by atoms with van der Waals surface area (Å²) in [5.74, 6) is 1.79. The summed E-state index contributed by atoms with van der Waals surface area (Å²) in [6.07, 6.45) is 2.57. The molecular formula is C31H40F3N7O2S. The predicted octanol–water partition coefficient (Wildman–Crippen LogP) is 7.19. The molecule has 1 saturated carbocycles. The van der Waals surface area contributed by atoms with Gasteiger partial charge in [0.2, 0.25) is 5.88 Å². The van der Waals surface area contributed by atoms with Crippen molar-refractivity contribution < 1.29 is 22.7 Å². The molecule has 2 N–H and O–H groups in total. The largest absolute Gasteiger partial charge is 0.477 e. The Bertz CT molecular complexity index is 1470. The Hall–Kier alpha value is -3.48. The minimum atomic E-state index is -4.21. The van der Waals surface area contributed by atoms with E-state index in [-0.39, 0.29) is 56.7 Å². The Kier molecular flexibility index (Phi) is 9.06. The number of pyridine rings is 2. The van der Waals surface area contributed by atoms with Gasteiger partial charge < -0.3 is 15.0 Å². The van der Waals surface area contributed by atoms with E-state index in [9.17, 15) is 18.0 Å². The lowest BCUT2D eigenvalue weighted by Gasteiger charge is -2.38.